The smallest absolute Gasteiger partial charge is 0.0808 e. The largest absolute Gasteiger partial charge is 0.271 e. The van der Waals surface area contributed by atoms with Crippen molar-refractivity contribution in [3.05, 3.63) is 63.6 Å². The van der Waals surface area contributed by atoms with Gasteiger partial charge in [-0.3, -0.25) is 10.8 Å². The standard InChI is InChI=1S/C17H17N3S/c18-20-17(16-9-11-3-2-6-15(11)21-16)14-5-1-4-12-10-19-8-7-13(12)14/h1,4-5,7-10,17,20H,2-3,6,18H2. The number of hydrazine groups is 1. The van der Waals surface area contributed by atoms with Crippen LogP contribution in [0.1, 0.15) is 33.3 Å². The maximum absolute atomic E-state index is 5.89. The number of pyridine rings is 1. The minimum atomic E-state index is 0.0479. The average molecular weight is 295 g/mol. The summed E-state index contributed by atoms with van der Waals surface area (Å²) in [7, 11) is 0. The van der Waals surface area contributed by atoms with Crippen LogP contribution in [0.4, 0.5) is 0 Å². The number of hydrogen-bond donors (Lipinski definition) is 2. The first-order valence-electron chi connectivity index (χ1n) is 7.27. The molecule has 3 nitrogen and oxygen atoms in total. The number of nitrogens with two attached hydrogens (primary N) is 1. The van der Waals surface area contributed by atoms with Gasteiger partial charge >= 0.3 is 0 Å². The third kappa shape index (κ3) is 2.16. The molecule has 1 unspecified atom stereocenters. The number of benzene rings is 1. The van der Waals surface area contributed by atoms with Gasteiger partial charge in [-0.1, -0.05) is 18.2 Å². The molecule has 0 radical (unpaired) electrons. The molecule has 4 heteroatoms. The molecule has 1 aromatic carbocycles. The lowest BCUT2D eigenvalue weighted by molar-refractivity contribution is 0.650. The van der Waals surface area contributed by atoms with Gasteiger partial charge in [-0.15, -0.1) is 11.3 Å². The van der Waals surface area contributed by atoms with Crippen LogP contribution < -0.4 is 11.3 Å². The molecule has 0 fully saturated rings. The van der Waals surface area contributed by atoms with E-state index in [2.05, 4.69) is 40.7 Å². The Hall–Kier alpha value is -1.75. The third-order valence-electron chi connectivity index (χ3n) is 4.24. The minimum Gasteiger partial charge on any atom is -0.271 e. The lowest BCUT2D eigenvalue weighted by Crippen LogP contribution is -2.28. The maximum Gasteiger partial charge on any atom is 0.0808 e. The molecule has 0 bridgehead atoms. The predicted molar refractivity (Wildman–Crippen MR) is 87.3 cm³/mol. The number of thiophene rings is 1. The molecule has 2 aromatic heterocycles. The summed E-state index contributed by atoms with van der Waals surface area (Å²) in [6.07, 6.45) is 7.47. The number of nitrogens with one attached hydrogen (secondary N) is 1. The Labute approximate surface area is 127 Å². The van der Waals surface area contributed by atoms with Crippen LogP contribution in [0.3, 0.4) is 0 Å². The maximum atomic E-state index is 5.89. The Balaban J connectivity index is 1.84. The van der Waals surface area contributed by atoms with E-state index in [4.69, 9.17) is 5.84 Å². The van der Waals surface area contributed by atoms with Gasteiger partial charge in [0.2, 0.25) is 0 Å². The molecule has 3 aromatic rings. The van der Waals surface area contributed by atoms with E-state index in [-0.39, 0.29) is 6.04 Å². The zero-order chi connectivity index (χ0) is 14.2. The lowest BCUT2D eigenvalue weighted by Gasteiger charge is -2.17. The second-order valence-electron chi connectivity index (χ2n) is 5.49. The minimum absolute atomic E-state index is 0.0479. The van der Waals surface area contributed by atoms with Gasteiger partial charge in [0.15, 0.2) is 0 Å². The van der Waals surface area contributed by atoms with Gasteiger partial charge in [0, 0.05) is 27.5 Å². The van der Waals surface area contributed by atoms with Crippen molar-refractivity contribution in [3.63, 3.8) is 0 Å². The van der Waals surface area contributed by atoms with Crippen molar-refractivity contribution in [1.82, 2.24) is 10.4 Å². The summed E-state index contributed by atoms with van der Waals surface area (Å²) in [5, 5.41) is 2.36. The molecular formula is C17H17N3S. The molecule has 0 aliphatic heterocycles. The van der Waals surface area contributed by atoms with Crippen LogP contribution in [0.5, 0.6) is 0 Å². The van der Waals surface area contributed by atoms with E-state index < -0.39 is 0 Å². The Kier molecular flexibility index (Phi) is 3.22. The molecule has 1 atom stereocenters. The Morgan fingerprint density at radius 1 is 1.24 bits per heavy atom. The molecule has 0 saturated carbocycles. The van der Waals surface area contributed by atoms with E-state index in [1.165, 1.54) is 45.5 Å². The number of aryl methyl sites for hydroxylation is 2. The van der Waals surface area contributed by atoms with Gasteiger partial charge in [-0.05, 0) is 47.9 Å². The molecule has 1 aliphatic rings. The van der Waals surface area contributed by atoms with E-state index in [9.17, 15) is 0 Å². The van der Waals surface area contributed by atoms with Gasteiger partial charge in [-0.25, -0.2) is 5.43 Å². The van der Waals surface area contributed by atoms with Crippen LogP contribution in [-0.4, -0.2) is 4.98 Å². The van der Waals surface area contributed by atoms with Gasteiger partial charge in [0.25, 0.3) is 0 Å². The number of rotatable bonds is 3. The van der Waals surface area contributed by atoms with Crippen molar-refractivity contribution in [3.8, 4) is 0 Å². The molecule has 4 rings (SSSR count). The van der Waals surface area contributed by atoms with E-state index in [0.29, 0.717) is 0 Å². The fourth-order valence-electron chi connectivity index (χ4n) is 3.22. The highest BCUT2D eigenvalue weighted by molar-refractivity contribution is 7.12. The van der Waals surface area contributed by atoms with Crippen molar-refractivity contribution < 1.29 is 0 Å². The number of fused-ring (bicyclic) bond motifs is 2. The fraction of sp³-hybridized carbons (Fsp3) is 0.235. The summed E-state index contributed by atoms with van der Waals surface area (Å²) in [4.78, 5) is 7.05. The summed E-state index contributed by atoms with van der Waals surface area (Å²) >= 11 is 1.90. The summed E-state index contributed by atoms with van der Waals surface area (Å²) in [6, 6.07) is 10.8. The normalized spacial score (nSPS) is 15.3. The third-order valence-corrected chi connectivity index (χ3v) is 5.54. The molecular weight excluding hydrogens is 278 g/mol. The Morgan fingerprint density at radius 3 is 3.05 bits per heavy atom. The number of nitrogens with zero attached hydrogens (tertiary/aromatic N) is 1. The van der Waals surface area contributed by atoms with Crippen LogP contribution in [0.15, 0.2) is 42.7 Å². The molecule has 3 N–H and O–H groups in total. The topological polar surface area (TPSA) is 50.9 Å². The zero-order valence-electron chi connectivity index (χ0n) is 11.7. The van der Waals surface area contributed by atoms with Crippen LogP contribution >= 0.6 is 11.3 Å². The summed E-state index contributed by atoms with van der Waals surface area (Å²) in [5.41, 5.74) is 5.74. The van der Waals surface area contributed by atoms with Crippen molar-refractivity contribution in [2.45, 2.75) is 25.3 Å². The fourth-order valence-corrected chi connectivity index (χ4v) is 4.56. The molecule has 2 heterocycles. The second kappa shape index (κ2) is 5.22. The first-order chi connectivity index (χ1) is 10.4. The van der Waals surface area contributed by atoms with Crippen molar-refractivity contribution in [2.75, 3.05) is 0 Å². The molecule has 21 heavy (non-hydrogen) atoms. The monoisotopic (exact) mass is 295 g/mol. The second-order valence-corrected chi connectivity index (χ2v) is 6.66. The summed E-state index contributed by atoms with van der Waals surface area (Å²) in [5.74, 6) is 5.89. The van der Waals surface area contributed by atoms with Crippen LogP contribution in [0.2, 0.25) is 0 Å². The highest BCUT2D eigenvalue weighted by atomic mass is 32.1. The highest BCUT2D eigenvalue weighted by Crippen LogP contribution is 2.37. The molecule has 0 amide bonds. The summed E-state index contributed by atoms with van der Waals surface area (Å²) < 4.78 is 0. The molecule has 1 aliphatic carbocycles. The van der Waals surface area contributed by atoms with Crippen molar-refractivity contribution >= 4 is 22.1 Å². The first kappa shape index (κ1) is 13.0. The number of aromatic nitrogens is 1. The highest BCUT2D eigenvalue weighted by Gasteiger charge is 2.21. The van der Waals surface area contributed by atoms with Crippen molar-refractivity contribution in [2.24, 2.45) is 5.84 Å². The van der Waals surface area contributed by atoms with E-state index >= 15 is 0 Å². The van der Waals surface area contributed by atoms with Gasteiger partial charge in [-0.2, -0.15) is 0 Å². The van der Waals surface area contributed by atoms with Gasteiger partial charge < -0.3 is 0 Å². The van der Waals surface area contributed by atoms with Gasteiger partial charge in [0.05, 0.1) is 6.04 Å². The Morgan fingerprint density at radius 2 is 2.19 bits per heavy atom. The van der Waals surface area contributed by atoms with Crippen LogP contribution in [0.25, 0.3) is 10.8 Å². The van der Waals surface area contributed by atoms with Gasteiger partial charge in [0.1, 0.15) is 0 Å². The van der Waals surface area contributed by atoms with E-state index in [0.717, 1.165) is 5.39 Å². The van der Waals surface area contributed by atoms with Crippen LogP contribution in [-0.2, 0) is 12.8 Å². The van der Waals surface area contributed by atoms with Crippen molar-refractivity contribution in [1.29, 1.82) is 0 Å². The predicted octanol–water partition coefficient (Wildman–Crippen LogP) is 3.34. The average Bonchev–Trinajstić information content (AvgIpc) is 3.10. The number of hydrogen-bond acceptors (Lipinski definition) is 4. The lowest BCUT2D eigenvalue weighted by atomic mass is 9.99. The Bertz CT molecular complexity index is 767. The van der Waals surface area contributed by atoms with E-state index in [1.807, 2.05) is 23.7 Å². The van der Waals surface area contributed by atoms with Crippen LogP contribution in [0, 0.1) is 0 Å². The first-order valence-corrected chi connectivity index (χ1v) is 8.09. The molecule has 0 spiro atoms. The molecule has 106 valence electrons. The SMILES string of the molecule is NNC(c1cc2c(s1)CCC2)c1cccc2cnccc12. The summed E-state index contributed by atoms with van der Waals surface area (Å²) in [6.45, 7) is 0. The zero-order valence-corrected chi connectivity index (χ0v) is 12.5. The van der Waals surface area contributed by atoms with E-state index in [1.54, 1.807) is 0 Å². The molecule has 0 saturated heterocycles. The quantitative estimate of drug-likeness (QED) is 0.575.